The molecular formula is C46H42F6N2O8. The quantitative estimate of drug-likeness (QED) is 0.0419. The van der Waals surface area contributed by atoms with Gasteiger partial charge < -0.3 is 28.4 Å². The number of fused-ring (bicyclic) bond motifs is 2. The monoisotopic (exact) mass is 864 g/mol. The van der Waals surface area contributed by atoms with Gasteiger partial charge in [-0.1, -0.05) is 48.5 Å². The average Bonchev–Trinajstić information content (AvgIpc) is 3.22. The van der Waals surface area contributed by atoms with Crippen LogP contribution in [0.2, 0.25) is 0 Å². The van der Waals surface area contributed by atoms with E-state index >= 15 is 0 Å². The van der Waals surface area contributed by atoms with E-state index in [9.17, 15) is 35.9 Å². The van der Waals surface area contributed by atoms with Crippen LogP contribution in [0.5, 0.6) is 23.0 Å². The first kappa shape index (κ1) is 45.0. The predicted octanol–water partition coefficient (Wildman–Crippen LogP) is 9.16. The summed E-state index contributed by atoms with van der Waals surface area (Å²) in [6.45, 7) is 0. The summed E-state index contributed by atoms with van der Waals surface area (Å²) >= 11 is 0. The maximum absolute atomic E-state index is 13.2. The summed E-state index contributed by atoms with van der Waals surface area (Å²) in [6, 6.07) is 30.3. The molecule has 62 heavy (non-hydrogen) atoms. The molecule has 0 fully saturated rings. The Labute approximate surface area is 352 Å². The number of benzene rings is 6. The molecule has 0 aliphatic rings. The van der Waals surface area contributed by atoms with Crippen LogP contribution in [-0.2, 0) is 44.3 Å². The Balaban J connectivity index is 1.12. The minimum atomic E-state index is -4.56. The molecule has 0 amide bonds. The maximum atomic E-state index is 13.2. The fourth-order valence-corrected chi connectivity index (χ4v) is 6.74. The van der Waals surface area contributed by atoms with E-state index in [1.165, 1.54) is 0 Å². The second kappa shape index (κ2) is 19.5. The molecule has 6 rings (SSSR count). The van der Waals surface area contributed by atoms with Crippen molar-refractivity contribution in [1.82, 2.24) is 0 Å². The topological polar surface area (TPSA) is 142 Å². The van der Waals surface area contributed by atoms with E-state index in [0.29, 0.717) is 11.5 Å². The van der Waals surface area contributed by atoms with Crippen LogP contribution >= 0.6 is 0 Å². The number of rotatable bonds is 16. The number of nitrogens with two attached hydrogens (primary N) is 2. The second-order valence-electron chi connectivity index (χ2n) is 14.4. The third-order valence-electron chi connectivity index (χ3n) is 9.79. The summed E-state index contributed by atoms with van der Waals surface area (Å²) in [5.74, 6) is -1.45. The van der Waals surface area contributed by atoms with Crippen molar-refractivity contribution < 1.29 is 64.4 Å². The molecule has 4 unspecified atom stereocenters. The van der Waals surface area contributed by atoms with Gasteiger partial charge in [0.2, 0.25) is 0 Å². The molecular weight excluding hydrogens is 823 g/mol. The fraction of sp³-hybridized carbons (Fsp3) is 0.261. The van der Waals surface area contributed by atoms with E-state index < -0.39 is 60.1 Å². The van der Waals surface area contributed by atoms with Crippen LogP contribution in [0.15, 0.2) is 121 Å². The van der Waals surface area contributed by atoms with Gasteiger partial charge in [-0.15, -0.1) is 0 Å². The SMILES string of the molecule is COc1ccc2cc(CC(CC(N)OC(=O)C(=O)OC(N)CC(Cc3ccc4cc(OC)ccc4c3)Oc3ccc(C(F)(F)F)cc3)Oc3ccc(C(F)(F)F)cc3)ccc2c1. The average molecular weight is 865 g/mol. The zero-order chi connectivity index (χ0) is 44.6. The molecule has 10 nitrogen and oxygen atoms in total. The number of carbonyl (C=O) groups excluding carboxylic acids is 2. The number of alkyl halides is 6. The van der Waals surface area contributed by atoms with Crippen LogP contribution in [0.25, 0.3) is 21.5 Å². The Bertz CT molecular complexity index is 2310. The lowest BCUT2D eigenvalue weighted by molar-refractivity contribution is -0.175. The summed E-state index contributed by atoms with van der Waals surface area (Å²) in [7, 11) is 3.10. The standard InChI is InChI=1S/C46H42F6N2O8/c1-57-37-13-7-29-19-27(3-5-31(29)23-37)21-39(59-35-15-9-33(10-16-35)45(47,48)49)25-41(53)61-43(55)44(56)62-42(54)26-40(60-36-17-11-34(12-18-36)46(50,51)52)22-28-4-6-32-24-38(58-2)14-8-30(32)20-28/h3-20,23-24,39-42H,21-22,25-26,53-54H2,1-2H3. The van der Waals surface area contributed by atoms with Gasteiger partial charge in [-0.3, -0.25) is 11.5 Å². The van der Waals surface area contributed by atoms with Gasteiger partial charge in [-0.2, -0.15) is 26.3 Å². The van der Waals surface area contributed by atoms with Gasteiger partial charge in [0.1, 0.15) is 35.2 Å². The van der Waals surface area contributed by atoms with Crippen molar-refractivity contribution in [1.29, 1.82) is 0 Å². The Hall–Kier alpha value is -6.52. The highest BCUT2D eigenvalue weighted by Crippen LogP contribution is 2.33. The van der Waals surface area contributed by atoms with E-state index in [2.05, 4.69) is 0 Å². The molecule has 0 saturated heterocycles. The highest BCUT2D eigenvalue weighted by atomic mass is 19.4. The Kier molecular flexibility index (Phi) is 14.1. The summed E-state index contributed by atoms with van der Waals surface area (Å²) in [6.07, 6.45) is -13.8. The van der Waals surface area contributed by atoms with Crippen molar-refractivity contribution in [3.8, 4) is 23.0 Å². The van der Waals surface area contributed by atoms with Crippen LogP contribution in [0.3, 0.4) is 0 Å². The minimum Gasteiger partial charge on any atom is -0.497 e. The molecule has 6 aromatic carbocycles. The van der Waals surface area contributed by atoms with Crippen LogP contribution in [0.4, 0.5) is 26.3 Å². The zero-order valence-corrected chi connectivity index (χ0v) is 33.4. The number of hydrogen-bond donors (Lipinski definition) is 2. The van der Waals surface area contributed by atoms with E-state index in [4.69, 9.17) is 39.9 Å². The first-order chi connectivity index (χ1) is 29.4. The molecule has 4 atom stereocenters. The number of ether oxygens (including phenoxy) is 6. The highest BCUT2D eigenvalue weighted by Gasteiger charge is 2.32. The number of halogens is 6. The molecule has 6 aromatic rings. The van der Waals surface area contributed by atoms with Gasteiger partial charge in [0.15, 0.2) is 12.5 Å². The summed E-state index contributed by atoms with van der Waals surface area (Å²) in [5.41, 5.74) is 12.1. The third kappa shape index (κ3) is 12.3. The van der Waals surface area contributed by atoms with Crippen molar-refractivity contribution >= 4 is 33.5 Å². The molecule has 0 aliphatic carbocycles. The molecule has 0 saturated carbocycles. The van der Waals surface area contributed by atoms with Gasteiger partial charge in [0, 0.05) is 25.7 Å². The number of hydrogen-bond acceptors (Lipinski definition) is 10. The van der Waals surface area contributed by atoms with Crippen LogP contribution in [0, 0.1) is 0 Å². The van der Waals surface area contributed by atoms with Crippen molar-refractivity contribution in [2.45, 2.75) is 62.7 Å². The minimum absolute atomic E-state index is 0.0921. The van der Waals surface area contributed by atoms with Crippen LogP contribution in [0.1, 0.15) is 35.1 Å². The van der Waals surface area contributed by atoms with Gasteiger partial charge in [-0.05, 0) is 105 Å². The Morgan fingerprint density at radius 1 is 0.484 bits per heavy atom. The van der Waals surface area contributed by atoms with E-state index in [0.717, 1.165) is 81.2 Å². The lowest BCUT2D eigenvalue weighted by Crippen LogP contribution is -2.40. The molecule has 4 N–H and O–H groups in total. The third-order valence-corrected chi connectivity index (χ3v) is 9.79. The zero-order valence-electron chi connectivity index (χ0n) is 33.4. The number of carbonyl (C=O) groups is 2. The Morgan fingerprint density at radius 3 is 1.15 bits per heavy atom. The van der Waals surface area contributed by atoms with Crippen LogP contribution < -0.4 is 30.4 Å². The lowest BCUT2D eigenvalue weighted by atomic mass is 10.0. The molecule has 0 heterocycles. The second-order valence-corrected chi connectivity index (χ2v) is 14.4. The largest absolute Gasteiger partial charge is 0.497 e. The molecule has 0 aromatic heterocycles. The summed E-state index contributed by atoms with van der Waals surface area (Å²) < 4.78 is 112. The smallest absolute Gasteiger partial charge is 0.419 e. The number of methoxy groups -OCH3 is 2. The van der Waals surface area contributed by atoms with Crippen molar-refractivity contribution in [2.75, 3.05) is 14.2 Å². The number of esters is 2. The first-order valence-electron chi connectivity index (χ1n) is 19.2. The molecule has 0 bridgehead atoms. The highest BCUT2D eigenvalue weighted by molar-refractivity contribution is 6.29. The molecule has 0 aliphatic heterocycles. The van der Waals surface area contributed by atoms with Crippen LogP contribution in [-0.4, -0.2) is 50.8 Å². The van der Waals surface area contributed by atoms with Gasteiger partial charge in [0.25, 0.3) is 0 Å². The van der Waals surface area contributed by atoms with E-state index in [1.54, 1.807) is 26.4 Å². The van der Waals surface area contributed by atoms with E-state index in [1.807, 2.05) is 60.7 Å². The van der Waals surface area contributed by atoms with Gasteiger partial charge >= 0.3 is 24.3 Å². The predicted molar refractivity (Wildman–Crippen MR) is 217 cm³/mol. The summed E-state index contributed by atoms with van der Waals surface area (Å²) in [4.78, 5) is 25.9. The Morgan fingerprint density at radius 2 is 0.806 bits per heavy atom. The molecule has 16 heteroatoms. The molecule has 0 radical (unpaired) electrons. The lowest BCUT2D eigenvalue weighted by Gasteiger charge is -2.24. The van der Waals surface area contributed by atoms with Crippen molar-refractivity contribution in [3.05, 3.63) is 144 Å². The van der Waals surface area contributed by atoms with Crippen molar-refractivity contribution in [3.63, 3.8) is 0 Å². The van der Waals surface area contributed by atoms with E-state index in [-0.39, 0.29) is 37.2 Å². The first-order valence-corrected chi connectivity index (χ1v) is 19.2. The molecule has 326 valence electrons. The van der Waals surface area contributed by atoms with Crippen molar-refractivity contribution in [2.24, 2.45) is 11.5 Å². The molecule has 0 spiro atoms. The maximum Gasteiger partial charge on any atom is 0.419 e. The fourth-order valence-electron chi connectivity index (χ4n) is 6.74. The van der Waals surface area contributed by atoms with Gasteiger partial charge in [0.05, 0.1) is 25.3 Å². The summed E-state index contributed by atoms with van der Waals surface area (Å²) in [5, 5.41) is 3.53. The van der Waals surface area contributed by atoms with Gasteiger partial charge in [-0.25, -0.2) is 9.59 Å². The normalized spacial score (nSPS) is 13.8.